The van der Waals surface area contributed by atoms with Gasteiger partial charge in [-0.25, -0.2) is 4.79 Å². The van der Waals surface area contributed by atoms with Crippen LogP contribution in [0.3, 0.4) is 0 Å². The fourth-order valence-corrected chi connectivity index (χ4v) is 6.54. The van der Waals surface area contributed by atoms with Crippen molar-refractivity contribution in [2.24, 2.45) is 11.8 Å². The molecular weight excluding hydrogens is 474 g/mol. The summed E-state index contributed by atoms with van der Waals surface area (Å²) in [6.45, 7) is 4.21. The van der Waals surface area contributed by atoms with Gasteiger partial charge in [-0.15, -0.1) is 0 Å². The SMILES string of the molecule is CCC/C=C/C(O)C1CCC1CN1CC2(CCCc3cc(Cl)ccc32)COc2ccc(C(=O)O)cc21. The van der Waals surface area contributed by atoms with E-state index in [4.69, 9.17) is 16.3 Å². The normalized spacial score (nSPS) is 26.0. The van der Waals surface area contributed by atoms with Crippen LogP contribution >= 0.6 is 11.6 Å². The molecule has 0 radical (unpaired) electrons. The summed E-state index contributed by atoms with van der Waals surface area (Å²) in [6.07, 6.45) is 10.8. The third-order valence-corrected chi connectivity index (χ3v) is 8.68. The highest BCUT2D eigenvalue weighted by molar-refractivity contribution is 6.30. The van der Waals surface area contributed by atoms with E-state index in [2.05, 4.69) is 30.0 Å². The zero-order chi connectivity index (χ0) is 25.3. The van der Waals surface area contributed by atoms with Gasteiger partial charge in [0.1, 0.15) is 5.75 Å². The molecule has 3 aliphatic rings. The molecule has 36 heavy (non-hydrogen) atoms. The number of aromatic carboxylic acids is 1. The van der Waals surface area contributed by atoms with Gasteiger partial charge < -0.3 is 19.8 Å². The Morgan fingerprint density at radius 3 is 2.89 bits per heavy atom. The van der Waals surface area contributed by atoms with E-state index in [1.54, 1.807) is 18.2 Å². The molecule has 2 N–H and O–H groups in total. The molecule has 0 bridgehead atoms. The number of aryl methyl sites for hydroxylation is 1. The number of nitrogens with zero attached hydrogens (tertiary/aromatic N) is 1. The molecular formula is C30H36ClNO4. The second-order valence-electron chi connectivity index (χ2n) is 10.8. The Labute approximate surface area is 218 Å². The number of aliphatic hydroxyl groups is 1. The first-order valence-electron chi connectivity index (χ1n) is 13.3. The number of aliphatic hydroxyl groups excluding tert-OH is 1. The van der Waals surface area contributed by atoms with Crippen molar-refractivity contribution >= 4 is 23.3 Å². The molecule has 2 aromatic carbocycles. The van der Waals surface area contributed by atoms with Crippen LogP contribution in [0.1, 0.15) is 66.9 Å². The first-order valence-corrected chi connectivity index (χ1v) is 13.7. The van der Waals surface area contributed by atoms with Gasteiger partial charge in [0, 0.05) is 23.5 Å². The van der Waals surface area contributed by atoms with Gasteiger partial charge in [0.2, 0.25) is 0 Å². The molecule has 2 aliphatic carbocycles. The Hall–Kier alpha value is -2.50. The molecule has 5 nitrogen and oxygen atoms in total. The smallest absolute Gasteiger partial charge is 0.335 e. The van der Waals surface area contributed by atoms with E-state index in [0.717, 1.165) is 74.5 Å². The lowest BCUT2D eigenvalue weighted by molar-refractivity contribution is 0.0456. The number of carboxylic acid groups (broad SMARTS) is 1. The summed E-state index contributed by atoms with van der Waals surface area (Å²) in [5.41, 5.74) is 3.49. The maximum atomic E-state index is 11.8. The third-order valence-electron chi connectivity index (χ3n) is 8.44. The van der Waals surface area contributed by atoms with Gasteiger partial charge in [-0.05, 0) is 91.8 Å². The molecule has 0 amide bonds. The molecule has 6 heteroatoms. The van der Waals surface area contributed by atoms with Crippen LogP contribution in [0.25, 0.3) is 0 Å². The second-order valence-corrected chi connectivity index (χ2v) is 11.2. The van der Waals surface area contributed by atoms with E-state index in [1.165, 1.54) is 11.1 Å². The van der Waals surface area contributed by atoms with Crippen molar-refractivity contribution in [2.45, 2.75) is 63.4 Å². The Bertz CT molecular complexity index is 1150. The number of benzene rings is 2. The summed E-state index contributed by atoms with van der Waals surface area (Å²) < 4.78 is 6.44. The van der Waals surface area contributed by atoms with Gasteiger partial charge >= 0.3 is 5.97 Å². The summed E-state index contributed by atoms with van der Waals surface area (Å²) in [7, 11) is 0. The molecule has 4 unspecified atom stereocenters. The van der Waals surface area contributed by atoms with E-state index < -0.39 is 12.1 Å². The van der Waals surface area contributed by atoms with Crippen molar-refractivity contribution in [3.63, 3.8) is 0 Å². The number of hydrogen-bond acceptors (Lipinski definition) is 4. The molecule has 2 aromatic rings. The summed E-state index contributed by atoms with van der Waals surface area (Å²) in [5, 5.41) is 21.3. The largest absolute Gasteiger partial charge is 0.490 e. The molecule has 192 valence electrons. The van der Waals surface area contributed by atoms with Gasteiger partial charge in [0.05, 0.1) is 24.0 Å². The van der Waals surface area contributed by atoms with Crippen molar-refractivity contribution in [1.82, 2.24) is 0 Å². The number of carboxylic acids is 1. The first kappa shape index (κ1) is 25.2. The number of allylic oxidation sites excluding steroid dienone is 1. The third kappa shape index (κ3) is 4.88. The van der Waals surface area contributed by atoms with Crippen molar-refractivity contribution in [3.8, 4) is 5.75 Å². The zero-order valence-electron chi connectivity index (χ0n) is 21.0. The average Bonchev–Trinajstić information content (AvgIpc) is 2.99. The molecule has 1 saturated carbocycles. The van der Waals surface area contributed by atoms with Crippen LogP contribution in [0.4, 0.5) is 5.69 Å². The second kappa shape index (κ2) is 10.5. The van der Waals surface area contributed by atoms with Crippen LogP contribution in [0.5, 0.6) is 5.75 Å². The monoisotopic (exact) mass is 509 g/mol. The van der Waals surface area contributed by atoms with E-state index in [9.17, 15) is 15.0 Å². The maximum absolute atomic E-state index is 11.8. The Morgan fingerprint density at radius 2 is 2.14 bits per heavy atom. The summed E-state index contributed by atoms with van der Waals surface area (Å²) in [6, 6.07) is 11.4. The van der Waals surface area contributed by atoms with Crippen LogP contribution in [-0.2, 0) is 11.8 Å². The standard InChI is InChI=1S/C30H36ClNO4/c1-2-3-4-7-27(33)24-11-8-22(24)17-32-18-30(14-5-6-20-15-23(31)10-12-25(20)30)19-36-28-13-9-21(29(34)35)16-26(28)32/h4,7,9-10,12-13,15-16,22,24,27,33H,2-3,5-6,8,11,14,17-19H2,1H3,(H,34,35)/b7-4+. The highest BCUT2D eigenvalue weighted by atomic mass is 35.5. The van der Waals surface area contributed by atoms with Crippen LogP contribution in [-0.4, -0.2) is 42.0 Å². The van der Waals surface area contributed by atoms with Gasteiger partial charge in [0.25, 0.3) is 0 Å². The van der Waals surface area contributed by atoms with Crippen molar-refractivity contribution < 1.29 is 19.7 Å². The molecule has 0 saturated heterocycles. The van der Waals surface area contributed by atoms with Crippen LogP contribution in [0.15, 0.2) is 48.6 Å². The number of unbranched alkanes of at least 4 members (excludes halogenated alkanes) is 1. The maximum Gasteiger partial charge on any atom is 0.335 e. The van der Waals surface area contributed by atoms with Gasteiger partial charge in [-0.1, -0.05) is 43.2 Å². The van der Waals surface area contributed by atoms with Crippen molar-refractivity contribution in [3.05, 3.63) is 70.3 Å². The fourth-order valence-electron chi connectivity index (χ4n) is 6.35. The highest BCUT2D eigenvalue weighted by Gasteiger charge is 2.44. The van der Waals surface area contributed by atoms with E-state index in [0.29, 0.717) is 12.5 Å². The van der Waals surface area contributed by atoms with Gasteiger partial charge in [-0.2, -0.15) is 0 Å². The van der Waals surface area contributed by atoms with Crippen molar-refractivity contribution in [1.29, 1.82) is 0 Å². The predicted molar refractivity (Wildman–Crippen MR) is 143 cm³/mol. The molecule has 5 rings (SSSR count). The number of fused-ring (bicyclic) bond motifs is 3. The number of anilines is 1. The molecule has 1 aliphatic heterocycles. The topological polar surface area (TPSA) is 70.0 Å². The molecule has 1 heterocycles. The summed E-state index contributed by atoms with van der Waals surface area (Å²) in [4.78, 5) is 14.2. The zero-order valence-corrected chi connectivity index (χ0v) is 21.7. The molecule has 4 atom stereocenters. The highest BCUT2D eigenvalue weighted by Crippen LogP contribution is 2.46. The lowest BCUT2D eigenvalue weighted by Gasteiger charge is -2.45. The molecule has 1 spiro atoms. The van der Waals surface area contributed by atoms with Gasteiger partial charge in [0.15, 0.2) is 0 Å². The quantitative estimate of drug-likeness (QED) is 0.431. The number of halogens is 1. The minimum Gasteiger partial charge on any atom is -0.490 e. The number of carbonyl (C=O) groups is 1. The average molecular weight is 510 g/mol. The number of rotatable bonds is 7. The number of ether oxygens (including phenoxy) is 1. The Kier molecular flexibility index (Phi) is 7.32. The lowest BCUT2D eigenvalue weighted by atomic mass is 9.68. The van der Waals surface area contributed by atoms with Crippen LogP contribution in [0.2, 0.25) is 5.02 Å². The fraction of sp³-hybridized carbons (Fsp3) is 0.500. The lowest BCUT2D eigenvalue weighted by Crippen LogP contribution is -2.49. The summed E-state index contributed by atoms with van der Waals surface area (Å²) in [5.74, 6) is 0.363. The minimum absolute atomic E-state index is 0.195. The van der Waals surface area contributed by atoms with E-state index in [-0.39, 0.29) is 16.9 Å². The Morgan fingerprint density at radius 1 is 1.28 bits per heavy atom. The Balaban J connectivity index is 1.48. The van der Waals surface area contributed by atoms with Crippen LogP contribution < -0.4 is 9.64 Å². The minimum atomic E-state index is -0.938. The van der Waals surface area contributed by atoms with E-state index in [1.807, 2.05) is 12.1 Å². The molecule has 1 fully saturated rings. The van der Waals surface area contributed by atoms with E-state index >= 15 is 0 Å². The number of hydrogen-bond donors (Lipinski definition) is 2. The van der Waals surface area contributed by atoms with Gasteiger partial charge in [-0.3, -0.25) is 0 Å². The van der Waals surface area contributed by atoms with Crippen molar-refractivity contribution in [2.75, 3.05) is 24.6 Å². The van der Waals surface area contributed by atoms with Crippen LogP contribution in [0, 0.1) is 11.8 Å². The molecule has 0 aromatic heterocycles. The predicted octanol–water partition coefficient (Wildman–Crippen LogP) is 6.25. The first-order chi connectivity index (χ1) is 17.4. The summed E-state index contributed by atoms with van der Waals surface area (Å²) >= 11 is 6.34.